The molecule has 2 rings (SSSR count). The van der Waals surface area contributed by atoms with Crippen molar-refractivity contribution >= 4 is 29.4 Å². The van der Waals surface area contributed by atoms with E-state index in [1.54, 1.807) is 25.1 Å². The highest BCUT2D eigenvalue weighted by molar-refractivity contribution is 6.35. The zero-order valence-corrected chi connectivity index (χ0v) is 11.6. The number of hydrogen-bond donors (Lipinski definition) is 0. The van der Waals surface area contributed by atoms with Crippen molar-refractivity contribution in [3.63, 3.8) is 0 Å². The predicted molar refractivity (Wildman–Crippen MR) is 72.9 cm³/mol. The Labute approximate surface area is 121 Å². The maximum absolute atomic E-state index is 11.8. The number of rotatable bonds is 5. The molecule has 0 atom stereocenters. The first-order chi connectivity index (χ1) is 9.65. The van der Waals surface area contributed by atoms with Crippen LogP contribution >= 0.6 is 11.6 Å². The Morgan fingerprint density at radius 1 is 1.35 bits per heavy atom. The molecule has 5 nitrogen and oxygen atoms in total. The second-order valence-corrected chi connectivity index (χ2v) is 4.22. The summed E-state index contributed by atoms with van der Waals surface area (Å²) in [5.41, 5.74) is 0.552. The molecule has 0 N–H and O–H groups in total. The van der Waals surface area contributed by atoms with Crippen LogP contribution in [-0.4, -0.2) is 31.0 Å². The Bertz CT molecular complexity index is 565. The first kappa shape index (κ1) is 14.4. The summed E-state index contributed by atoms with van der Waals surface area (Å²) in [7, 11) is 0. The van der Waals surface area contributed by atoms with Crippen LogP contribution in [0.2, 0.25) is 0 Å². The second kappa shape index (κ2) is 6.43. The second-order valence-electron chi connectivity index (χ2n) is 3.95. The van der Waals surface area contributed by atoms with E-state index < -0.39 is 11.8 Å². The fraction of sp³-hybridized carbons (Fsp3) is 0.286. The van der Waals surface area contributed by atoms with Crippen LogP contribution in [0.1, 0.15) is 12.5 Å². The molecule has 0 amide bonds. The zero-order chi connectivity index (χ0) is 14.5. The van der Waals surface area contributed by atoms with Crippen LogP contribution in [0.15, 0.2) is 23.8 Å². The van der Waals surface area contributed by atoms with Crippen LogP contribution in [-0.2, 0) is 14.3 Å². The fourth-order valence-electron chi connectivity index (χ4n) is 1.70. The Hall–Kier alpha value is -2.01. The molecular formula is C14H13ClO5. The first-order valence-electron chi connectivity index (χ1n) is 6.03. The molecule has 1 aliphatic heterocycles. The highest BCUT2D eigenvalue weighted by Crippen LogP contribution is 2.33. The van der Waals surface area contributed by atoms with Gasteiger partial charge in [0, 0.05) is 0 Å². The van der Waals surface area contributed by atoms with Crippen molar-refractivity contribution in [2.45, 2.75) is 6.92 Å². The Kier molecular flexibility index (Phi) is 4.63. The minimum Gasteiger partial charge on any atom is -0.462 e. The van der Waals surface area contributed by atoms with E-state index in [2.05, 4.69) is 0 Å². The van der Waals surface area contributed by atoms with Gasteiger partial charge in [-0.25, -0.2) is 4.79 Å². The fourth-order valence-corrected chi connectivity index (χ4v) is 1.85. The van der Waals surface area contributed by atoms with Gasteiger partial charge in [0.1, 0.15) is 5.57 Å². The molecule has 20 heavy (non-hydrogen) atoms. The number of fused-ring (bicyclic) bond motifs is 1. The van der Waals surface area contributed by atoms with E-state index in [-0.39, 0.29) is 24.9 Å². The van der Waals surface area contributed by atoms with Gasteiger partial charge in [-0.2, -0.15) is 0 Å². The standard InChI is InChI=1S/C14H13ClO5/c1-2-18-14(17)10(11(16)7-15)5-9-3-4-12-13(6-9)20-8-19-12/h3-6H,2,7-8H2,1H3/b10-5+. The number of alkyl halides is 1. The molecule has 0 saturated carbocycles. The largest absolute Gasteiger partial charge is 0.462 e. The smallest absolute Gasteiger partial charge is 0.341 e. The monoisotopic (exact) mass is 296 g/mol. The van der Waals surface area contributed by atoms with Gasteiger partial charge in [0.2, 0.25) is 6.79 Å². The molecule has 1 aliphatic rings. The van der Waals surface area contributed by atoms with E-state index >= 15 is 0 Å². The highest BCUT2D eigenvalue weighted by atomic mass is 35.5. The molecule has 0 spiro atoms. The number of carbonyl (C=O) groups is 2. The highest BCUT2D eigenvalue weighted by Gasteiger charge is 2.19. The lowest BCUT2D eigenvalue weighted by atomic mass is 10.1. The molecule has 1 aromatic rings. The molecular weight excluding hydrogens is 284 g/mol. The van der Waals surface area contributed by atoms with Crippen molar-refractivity contribution in [3.8, 4) is 11.5 Å². The van der Waals surface area contributed by atoms with Gasteiger partial charge in [-0.1, -0.05) is 6.07 Å². The number of ether oxygens (including phenoxy) is 3. The van der Waals surface area contributed by atoms with Gasteiger partial charge < -0.3 is 14.2 Å². The van der Waals surface area contributed by atoms with Gasteiger partial charge in [-0.05, 0) is 30.7 Å². The third-order valence-corrected chi connectivity index (χ3v) is 2.87. The molecule has 0 radical (unpaired) electrons. The normalized spacial score (nSPS) is 13.2. The number of carbonyl (C=O) groups excluding carboxylic acids is 2. The SMILES string of the molecule is CCOC(=O)/C(=C/c1ccc2c(c1)OCO2)C(=O)CCl. The molecule has 0 bridgehead atoms. The van der Waals surface area contributed by atoms with Crippen LogP contribution in [0, 0.1) is 0 Å². The number of ketones is 1. The van der Waals surface area contributed by atoms with E-state index in [1.807, 2.05) is 0 Å². The molecule has 1 heterocycles. The lowest BCUT2D eigenvalue weighted by Crippen LogP contribution is -2.16. The van der Waals surface area contributed by atoms with E-state index in [9.17, 15) is 9.59 Å². The van der Waals surface area contributed by atoms with E-state index in [0.717, 1.165) is 0 Å². The molecule has 0 aliphatic carbocycles. The van der Waals surface area contributed by atoms with Gasteiger partial charge in [0.15, 0.2) is 17.3 Å². The van der Waals surface area contributed by atoms with Crippen LogP contribution in [0.3, 0.4) is 0 Å². The van der Waals surface area contributed by atoms with Crippen molar-refractivity contribution in [2.24, 2.45) is 0 Å². The van der Waals surface area contributed by atoms with Crippen molar-refractivity contribution in [1.82, 2.24) is 0 Å². The maximum Gasteiger partial charge on any atom is 0.341 e. The molecule has 0 fully saturated rings. The third-order valence-electron chi connectivity index (χ3n) is 2.62. The summed E-state index contributed by atoms with van der Waals surface area (Å²) in [5.74, 6) is -0.253. The Morgan fingerprint density at radius 2 is 2.10 bits per heavy atom. The van der Waals surface area contributed by atoms with E-state index in [0.29, 0.717) is 17.1 Å². The van der Waals surface area contributed by atoms with Crippen molar-refractivity contribution < 1.29 is 23.8 Å². The van der Waals surface area contributed by atoms with E-state index in [4.69, 9.17) is 25.8 Å². The van der Waals surface area contributed by atoms with Crippen LogP contribution in [0.25, 0.3) is 6.08 Å². The average Bonchev–Trinajstić information content (AvgIpc) is 2.91. The van der Waals surface area contributed by atoms with Crippen LogP contribution in [0.4, 0.5) is 0 Å². The van der Waals surface area contributed by atoms with Gasteiger partial charge in [0.05, 0.1) is 12.5 Å². The van der Waals surface area contributed by atoms with Gasteiger partial charge in [-0.15, -0.1) is 11.6 Å². The number of hydrogen-bond acceptors (Lipinski definition) is 5. The zero-order valence-electron chi connectivity index (χ0n) is 10.8. The van der Waals surface area contributed by atoms with Crippen LogP contribution < -0.4 is 9.47 Å². The summed E-state index contributed by atoms with van der Waals surface area (Å²) in [5, 5.41) is 0. The summed E-state index contributed by atoms with van der Waals surface area (Å²) in [4.78, 5) is 23.5. The minimum atomic E-state index is -0.684. The van der Waals surface area contributed by atoms with Gasteiger partial charge >= 0.3 is 5.97 Å². The summed E-state index contributed by atoms with van der Waals surface area (Å²) in [6, 6.07) is 5.11. The lowest BCUT2D eigenvalue weighted by molar-refractivity contribution is -0.139. The average molecular weight is 297 g/mol. The minimum absolute atomic E-state index is 0.0827. The van der Waals surface area contributed by atoms with Crippen molar-refractivity contribution in [3.05, 3.63) is 29.3 Å². The summed E-state index contributed by atoms with van der Waals surface area (Å²) in [6.45, 7) is 2.02. The molecule has 0 saturated heterocycles. The summed E-state index contributed by atoms with van der Waals surface area (Å²) < 4.78 is 15.3. The number of halogens is 1. The topological polar surface area (TPSA) is 61.8 Å². The third kappa shape index (κ3) is 3.11. The van der Waals surface area contributed by atoms with Crippen molar-refractivity contribution in [2.75, 3.05) is 19.3 Å². The number of Topliss-reactive ketones (excluding diaryl/α,β-unsaturated/α-hetero) is 1. The molecule has 0 unspecified atom stereocenters. The quantitative estimate of drug-likeness (QED) is 0.274. The summed E-state index contributed by atoms with van der Waals surface area (Å²) >= 11 is 5.51. The van der Waals surface area contributed by atoms with Crippen molar-refractivity contribution in [1.29, 1.82) is 0 Å². The maximum atomic E-state index is 11.8. The van der Waals surface area contributed by atoms with Crippen LogP contribution in [0.5, 0.6) is 11.5 Å². The Morgan fingerprint density at radius 3 is 2.80 bits per heavy atom. The predicted octanol–water partition coefficient (Wildman–Crippen LogP) is 2.17. The summed E-state index contributed by atoms with van der Waals surface area (Å²) in [6.07, 6.45) is 1.44. The number of esters is 1. The molecule has 0 aromatic heterocycles. The first-order valence-corrected chi connectivity index (χ1v) is 6.56. The molecule has 1 aromatic carbocycles. The lowest BCUT2D eigenvalue weighted by Gasteiger charge is -2.05. The molecule has 106 valence electrons. The van der Waals surface area contributed by atoms with Gasteiger partial charge in [-0.3, -0.25) is 4.79 Å². The van der Waals surface area contributed by atoms with Gasteiger partial charge in [0.25, 0.3) is 0 Å². The molecule has 6 heteroatoms. The number of benzene rings is 1. The Balaban J connectivity index is 2.32. The van der Waals surface area contributed by atoms with E-state index in [1.165, 1.54) is 6.08 Å².